The predicted molar refractivity (Wildman–Crippen MR) is 131 cm³/mol. The van der Waals surface area contributed by atoms with Crippen LogP contribution in [0, 0.1) is 0 Å². The van der Waals surface area contributed by atoms with E-state index in [0.717, 1.165) is 38.0 Å². The Bertz CT molecular complexity index is 1090. The van der Waals surface area contributed by atoms with Crippen LogP contribution in [0.3, 0.4) is 0 Å². The minimum Gasteiger partial charge on any atom is -0.400 e. The lowest BCUT2D eigenvalue weighted by molar-refractivity contribution is -0.273. The molecule has 0 amide bonds. The van der Waals surface area contributed by atoms with Gasteiger partial charge in [0, 0.05) is 44.5 Å². The van der Waals surface area contributed by atoms with E-state index in [-0.39, 0.29) is 3.72 Å². The lowest BCUT2D eigenvalue weighted by atomic mass is 9.93. The first-order chi connectivity index (χ1) is 16.8. The van der Waals surface area contributed by atoms with Gasteiger partial charge in [-0.1, -0.05) is 48.5 Å². The Labute approximate surface area is 213 Å². The van der Waals surface area contributed by atoms with Gasteiger partial charge in [0.05, 0.1) is 0 Å². The van der Waals surface area contributed by atoms with Gasteiger partial charge in [-0.05, 0) is 34.7 Å². The average Bonchev–Trinajstić information content (AvgIpc) is 2.86. The fourth-order valence-corrected chi connectivity index (χ4v) is 4.24. The first-order valence-corrected chi connectivity index (χ1v) is 11.7. The van der Waals surface area contributed by atoms with Crippen molar-refractivity contribution in [2.45, 2.75) is 11.8 Å². The number of anilines is 1. The number of carbonyl (C=O) groups excluding carboxylic acids is 1. The third kappa shape index (κ3) is 5.06. The van der Waals surface area contributed by atoms with E-state index >= 15 is 0 Å². The summed E-state index contributed by atoms with van der Waals surface area (Å²) in [5.41, 5.74) is 0.00465. The number of hydrazine groups is 2. The molecule has 1 saturated heterocycles. The van der Waals surface area contributed by atoms with Crippen molar-refractivity contribution in [3.05, 3.63) is 66.2 Å². The summed E-state index contributed by atoms with van der Waals surface area (Å²) >= 11 is 1.75. The Morgan fingerprint density at radius 1 is 1.00 bits per heavy atom. The molecular weight excluding hydrogens is 580 g/mol. The molecule has 2 aromatic carbocycles. The fraction of sp³-hybridized carbons (Fsp3) is 0.318. The second-order valence-corrected chi connectivity index (χ2v) is 8.63. The van der Waals surface area contributed by atoms with Crippen molar-refractivity contribution >= 4 is 43.9 Å². The Hall–Kier alpha value is -2.91. The largest absolute Gasteiger partial charge is 0.432 e. The Balaban J connectivity index is 1.44. The zero-order valence-corrected chi connectivity index (χ0v) is 20.7. The van der Waals surface area contributed by atoms with Gasteiger partial charge in [-0.25, -0.2) is 4.79 Å². The first-order valence-electron chi connectivity index (χ1n) is 10.6. The van der Waals surface area contributed by atoms with Gasteiger partial charge in [0.2, 0.25) is 0 Å². The van der Waals surface area contributed by atoms with Crippen molar-refractivity contribution in [3.8, 4) is 0 Å². The highest BCUT2D eigenvalue weighted by molar-refractivity contribution is 14.1. The molecule has 1 unspecified atom stereocenters. The number of halogens is 4. The van der Waals surface area contributed by atoms with Gasteiger partial charge < -0.3 is 14.4 Å². The van der Waals surface area contributed by atoms with Crippen LogP contribution in [0.25, 0.3) is 0 Å². The van der Waals surface area contributed by atoms with Gasteiger partial charge in [0.15, 0.2) is 3.72 Å². The van der Waals surface area contributed by atoms with E-state index in [2.05, 4.69) is 20.6 Å². The minimum atomic E-state index is -5.09. The first kappa shape index (κ1) is 25.2. The third-order valence-electron chi connectivity index (χ3n) is 5.61. The quantitative estimate of drug-likeness (QED) is 0.416. The van der Waals surface area contributed by atoms with Gasteiger partial charge in [-0.2, -0.15) is 23.7 Å². The van der Waals surface area contributed by atoms with Crippen LogP contribution < -0.4 is 10.4 Å². The highest BCUT2D eigenvalue weighted by Gasteiger charge is 2.64. The second kappa shape index (κ2) is 10.4. The van der Waals surface area contributed by atoms with E-state index in [1.54, 1.807) is 22.6 Å². The van der Waals surface area contributed by atoms with Crippen molar-refractivity contribution in [2.75, 3.05) is 38.2 Å². The van der Waals surface area contributed by atoms with Crippen LogP contribution in [0.15, 0.2) is 70.9 Å². The predicted octanol–water partition coefficient (Wildman–Crippen LogP) is 3.25. The molecule has 9 nitrogen and oxygen atoms in total. The zero-order chi connectivity index (χ0) is 25.1. The molecule has 1 atom stereocenters. The van der Waals surface area contributed by atoms with Crippen molar-refractivity contribution in [1.82, 2.24) is 15.8 Å². The molecule has 0 spiro atoms. The summed E-state index contributed by atoms with van der Waals surface area (Å²) in [7, 11) is 0.804. The molecule has 2 heterocycles. The monoisotopic (exact) mass is 602 g/mol. The molecule has 1 fully saturated rings. The molecule has 2 aliphatic heterocycles. The highest BCUT2D eigenvalue weighted by Crippen LogP contribution is 2.43. The number of benzene rings is 2. The fourth-order valence-electron chi connectivity index (χ4n) is 3.81. The molecule has 2 aliphatic rings. The molecule has 1 N–H and O–H groups in total. The SMILES string of the molecule is COC(C(=O)OC1=NNN(N2CCN(c3ccccc3)CC2)N=C1I)(c1ccccc1)C(F)(F)F. The number of esters is 1. The second-order valence-electron chi connectivity index (χ2n) is 7.61. The van der Waals surface area contributed by atoms with Crippen molar-refractivity contribution < 1.29 is 27.4 Å². The summed E-state index contributed by atoms with van der Waals surface area (Å²) in [6.07, 6.45) is -5.09. The van der Waals surface area contributed by atoms with Crippen LogP contribution in [0.1, 0.15) is 5.56 Å². The number of rotatable bonds is 5. The summed E-state index contributed by atoms with van der Waals surface area (Å²) in [5, 5.41) is 11.5. The van der Waals surface area contributed by atoms with E-state index < -0.39 is 29.2 Å². The van der Waals surface area contributed by atoms with Crippen LogP contribution >= 0.6 is 22.6 Å². The van der Waals surface area contributed by atoms with Crippen LogP contribution in [-0.2, 0) is 19.9 Å². The zero-order valence-electron chi connectivity index (χ0n) is 18.6. The standard InChI is InChI=1S/C22H22F3IN6O3/c1-34-21(22(23,24)25,16-8-4-2-5-9-16)20(33)35-19-18(26)28-32(29-27-19)31-14-12-30(13-15-31)17-10-6-3-7-11-17/h2-11,29H,12-15H2,1H3. The van der Waals surface area contributed by atoms with E-state index in [0.29, 0.717) is 13.1 Å². The number of hydrogen-bond acceptors (Lipinski definition) is 9. The molecule has 13 heteroatoms. The number of hydrazone groups is 2. The summed E-state index contributed by atoms with van der Waals surface area (Å²) in [4.78, 5) is 15.1. The lowest BCUT2D eigenvalue weighted by Gasteiger charge is -2.40. The Morgan fingerprint density at radius 3 is 2.14 bits per heavy atom. The molecule has 186 valence electrons. The van der Waals surface area contributed by atoms with Gasteiger partial charge in [-0.3, -0.25) is 0 Å². The lowest BCUT2D eigenvalue weighted by Crippen LogP contribution is -2.57. The van der Waals surface area contributed by atoms with Gasteiger partial charge >= 0.3 is 12.1 Å². The molecular formula is C22H22F3IN6O3. The molecule has 0 bridgehead atoms. The number of ether oxygens (including phenoxy) is 2. The van der Waals surface area contributed by atoms with Gasteiger partial charge in [0.1, 0.15) is 0 Å². The van der Waals surface area contributed by atoms with Crippen LogP contribution in [0.5, 0.6) is 0 Å². The number of para-hydroxylation sites is 1. The van der Waals surface area contributed by atoms with Crippen LogP contribution in [0.2, 0.25) is 0 Å². The number of methoxy groups -OCH3 is 1. The molecule has 4 rings (SSSR count). The smallest absolute Gasteiger partial charge is 0.400 e. The molecule has 0 aromatic heterocycles. The number of alkyl halides is 3. The Kier molecular flexibility index (Phi) is 7.47. The summed E-state index contributed by atoms with van der Waals surface area (Å²) in [6.45, 7) is 2.71. The third-order valence-corrected chi connectivity index (χ3v) is 6.28. The number of piperazine rings is 1. The molecule has 35 heavy (non-hydrogen) atoms. The van der Waals surface area contributed by atoms with Crippen LogP contribution in [0.4, 0.5) is 18.9 Å². The summed E-state index contributed by atoms with van der Waals surface area (Å²) < 4.78 is 52.2. The van der Waals surface area contributed by atoms with E-state index in [1.165, 1.54) is 23.4 Å². The minimum absolute atomic E-state index is 0.0976. The average molecular weight is 602 g/mol. The number of nitrogens with one attached hydrogen (secondary N) is 1. The topological polar surface area (TPSA) is 82.0 Å². The van der Waals surface area contributed by atoms with Crippen molar-refractivity contribution in [1.29, 1.82) is 0 Å². The summed E-state index contributed by atoms with van der Waals surface area (Å²) in [6, 6.07) is 16.6. The normalized spacial score (nSPS) is 18.8. The number of nitrogens with zero attached hydrogens (tertiary/aromatic N) is 5. The molecule has 0 saturated carbocycles. The molecule has 0 aliphatic carbocycles. The molecule has 0 radical (unpaired) electrons. The number of hydrogen-bond donors (Lipinski definition) is 1. The van der Waals surface area contributed by atoms with E-state index in [4.69, 9.17) is 9.47 Å². The van der Waals surface area contributed by atoms with Crippen LogP contribution in [-0.4, -0.2) is 65.3 Å². The van der Waals surface area contributed by atoms with Crippen molar-refractivity contribution in [2.24, 2.45) is 10.2 Å². The van der Waals surface area contributed by atoms with E-state index in [9.17, 15) is 18.0 Å². The van der Waals surface area contributed by atoms with Crippen molar-refractivity contribution in [3.63, 3.8) is 0 Å². The maximum atomic E-state index is 14.1. The maximum absolute atomic E-state index is 14.1. The van der Waals surface area contributed by atoms with E-state index in [1.807, 2.05) is 35.3 Å². The summed E-state index contributed by atoms with van der Waals surface area (Å²) in [5.74, 6) is -2.06. The molecule has 2 aromatic rings. The number of carbonyl (C=O) groups is 1. The van der Waals surface area contributed by atoms with Gasteiger partial charge in [0.25, 0.3) is 11.5 Å². The Morgan fingerprint density at radius 2 is 1.60 bits per heavy atom. The maximum Gasteiger partial charge on any atom is 0.432 e. The van der Waals surface area contributed by atoms with Gasteiger partial charge in [-0.15, -0.1) is 15.4 Å². The highest BCUT2D eigenvalue weighted by atomic mass is 127.